The molecule has 2 N–H and O–H groups in total. The van der Waals surface area contributed by atoms with Gasteiger partial charge in [-0.25, -0.2) is 9.97 Å². The molecule has 2 aliphatic heterocycles. The summed E-state index contributed by atoms with van der Waals surface area (Å²) in [4.78, 5) is 28.0. The minimum absolute atomic E-state index is 0. The molecule has 4 rings (SSSR count). The molecule has 2 aliphatic rings. The molecule has 0 aliphatic carbocycles. The van der Waals surface area contributed by atoms with Gasteiger partial charge in [-0.15, -0.1) is 24.8 Å². The number of benzene rings is 1. The van der Waals surface area contributed by atoms with Crippen molar-refractivity contribution in [1.82, 2.24) is 19.8 Å². The first-order valence-corrected chi connectivity index (χ1v) is 9.99. The molecule has 9 heteroatoms. The fourth-order valence-corrected chi connectivity index (χ4v) is 4.23. The Labute approximate surface area is 190 Å². The Morgan fingerprint density at radius 1 is 1.00 bits per heavy atom. The largest absolute Gasteiger partial charge is 0.338 e. The lowest BCUT2D eigenvalue weighted by Gasteiger charge is -2.37. The number of rotatable bonds is 4. The fourth-order valence-electron chi connectivity index (χ4n) is 4.23. The SMILES string of the molecule is CC(C(=O)N1CCN(c2ncccn2)CC1)N1C[C@@H](N)[C@H](c2ccccc2)C1.Cl.Cl. The van der Waals surface area contributed by atoms with Crippen LogP contribution < -0.4 is 10.6 Å². The molecule has 0 saturated carbocycles. The third-order valence-corrected chi connectivity index (χ3v) is 5.95. The monoisotopic (exact) mass is 452 g/mol. The molecule has 1 unspecified atom stereocenters. The van der Waals surface area contributed by atoms with Crippen LogP contribution in [-0.4, -0.2) is 77.0 Å². The van der Waals surface area contributed by atoms with E-state index >= 15 is 0 Å². The maximum absolute atomic E-state index is 13.1. The maximum Gasteiger partial charge on any atom is 0.239 e. The van der Waals surface area contributed by atoms with Crippen molar-refractivity contribution < 1.29 is 4.79 Å². The van der Waals surface area contributed by atoms with Crippen LogP contribution in [0, 0.1) is 0 Å². The normalized spacial score (nSPS) is 22.7. The van der Waals surface area contributed by atoms with Crippen molar-refractivity contribution in [2.45, 2.75) is 24.9 Å². The van der Waals surface area contributed by atoms with Gasteiger partial charge in [0.2, 0.25) is 11.9 Å². The summed E-state index contributed by atoms with van der Waals surface area (Å²) in [6.45, 7) is 6.51. The first kappa shape index (κ1) is 24.3. The molecule has 3 atom stereocenters. The molecule has 1 amide bonds. The van der Waals surface area contributed by atoms with E-state index in [0.29, 0.717) is 13.1 Å². The third kappa shape index (κ3) is 5.21. The Balaban J connectivity index is 0.00000160. The lowest BCUT2D eigenvalue weighted by molar-refractivity contribution is -0.136. The van der Waals surface area contributed by atoms with E-state index in [1.807, 2.05) is 24.0 Å². The Morgan fingerprint density at radius 3 is 2.27 bits per heavy atom. The standard InChI is InChI=1S/C21H28N6O.2ClH/c1-16(27-14-18(19(22)15-27)17-6-3-2-4-7-17)20(28)25-10-12-26(13-11-25)21-23-8-5-9-24-21;;/h2-9,16,18-19H,10-15,22H2,1H3;2*1H/t16?,18-,19+;;/m0../s1. The van der Waals surface area contributed by atoms with Crippen molar-refractivity contribution in [3.8, 4) is 0 Å². The summed E-state index contributed by atoms with van der Waals surface area (Å²) < 4.78 is 0. The topological polar surface area (TPSA) is 78.6 Å². The predicted octanol–water partition coefficient (Wildman–Crippen LogP) is 1.78. The van der Waals surface area contributed by atoms with E-state index in [9.17, 15) is 4.79 Å². The number of hydrogen-bond acceptors (Lipinski definition) is 6. The van der Waals surface area contributed by atoms with E-state index in [0.717, 1.165) is 32.1 Å². The summed E-state index contributed by atoms with van der Waals surface area (Å²) in [5, 5.41) is 0. The van der Waals surface area contributed by atoms with Crippen LogP contribution in [0.15, 0.2) is 48.8 Å². The van der Waals surface area contributed by atoms with Crippen molar-refractivity contribution in [3.05, 3.63) is 54.4 Å². The number of nitrogens with two attached hydrogens (primary N) is 1. The number of anilines is 1. The molecule has 3 heterocycles. The minimum Gasteiger partial charge on any atom is -0.338 e. The first-order chi connectivity index (χ1) is 13.6. The highest BCUT2D eigenvalue weighted by atomic mass is 35.5. The van der Waals surface area contributed by atoms with Crippen molar-refractivity contribution in [2.75, 3.05) is 44.2 Å². The summed E-state index contributed by atoms with van der Waals surface area (Å²) in [6.07, 6.45) is 3.50. The maximum atomic E-state index is 13.1. The van der Waals surface area contributed by atoms with Crippen molar-refractivity contribution in [2.24, 2.45) is 5.73 Å². The van der Waals surface area contributed by atoms with Crippen LogP contribution in [0.3, 0.4) is 0 Å². The average molecular weight is 453 g/mol. The van der Waals surface area contributed by atoms with Crippen molar-refractivity contribution in [1.29, 1.82) is 0 Å². The average Bonchev–Trinajstić information content (AvgIpc) is 3.15. The Morgan fingerprint density at radius 2 is 1.63 bits per heavy atom. The second-order valence-electron chi connectivity index (χ2n) is 7.67. The molecule has 1 aromatic carbocycles. The minimum atomic E-state index is -0.153. The zero-order valence-electron chi connectivity index (χ0n) is 17.1. The molecule has 7 nitrogen and oxygen atoms in total. The molecule has 2 saturated heterocycles. The van der Waals surface area contributed by atoms with Crippen LogP contribution >= 0.6 is 24.8 Å². The smallest absolute Gasteiger partial charge is 0.239 e. The zero-order valence-corrected chi connectivity index (χ0v) is 18.8. The number of aromatic nitrogens is 2. The number of halogens is 2. The van der Waals surface area contributed by atoms with E-state index in [1.54, 1.807) is 12.4 Å². The molecule has 2 aromatic rings. The Bertz CT molecular complexity index is 789. The van der Waals surface area contributed by atoms with Gasteiger partial charge in [-0.1, -0.05) is 30.3 Å². The highest BCUT2D eigenvalue weighted by Gasteiger charge is 2.37. The van der Waals surface area contributed by atoms with Gasteiger partial charge in [0, 0.05) is 63.6 Å². The van der Waals surface area contributed by atoms with Crippen LogP contribution in [0.2, 0.25) is 0 Å². The van der Waals surface area contributed by atoms with Gasteiger partial charge in [-0.2, -0.15) is 0 Å². The molecule has 164 valence electrons. The van der Waals surface area contributed by atoms with E-state index in [1.165, 1.54) is 5.56 Å². The number of carbonyl (C=O) groups excluding carboxylic acids is 1. The summed E-state index contributed by atoms with van der Waals surface area (Å²) in [7, 11) is 0. The Hall–Kier alpha value is -1.93. The number of piperazine rings is 1. The summed E-state index contributed by atoms with van der Waals surface area (Å²) in [5.41, 5.74) is 7.67. The predicted molar refractivity (Wildman–Crippen MR) is 124 cm³/mol. The Kier molecular flexibility index (Phi) is 8.85. The quantitative estimate of drug-likeness (QED) is 0.761. The van der Waals surface area contributed by atoms with Gasteiger partial charge in [0.05, 0.1) is 6.04 Å². The first-order valence-electron chi connectivity index (χ1n) is 9.99. The van der Waals surface area contributed by atoms with Gasteiger partial charge in [-0.3, -0.25) is 9.69 Å². The highest BCUT2D eigenvalue weighted by Crippen LogP contribution is 2.28. The molecule has 1 aromatic heterocycles. The molecule has 0 spiro atoms. The molecule has 30 heavy (non-hydrogen) atoms. The lowest BCUT2D eigenvalue weighted by atomic mass is 9.95. The number of likely N-dealkylation sites (tertiary alicyclic amines) is 1. The van der Waals surface area contributed by atoms with Crippen molar-refractivity contribution >= 4 is 36.7 Å². The highest BCUT2D eigenvalue weighted by molar-refractivity contribution is 5.85. The molecular formula is C21H30Cl2N6O. The number of nitrogens with zero attached hydrogens (tertiary/aromatic N) is 5. The van der Waals surface area contributed by atoms with E-state index in [4.69, 9.17) is 5.73 Å². The third-order valence-electron chi connectivity index (χ3n) is 5.95. The summed E-state index contributed by atoms with van der Waals surface area (Å²) in [5.74, 6) is 1.21. The van der Waals surface area contributed by atoms with Gasteiger partial charge in [0.1, 0.15) is 0 Å². The van der Waals surface area contributed by atoms with Gasteiger partial charge < -0.3 is 15.5 Å². The zero-order chi connectivity index (χ0) is 19.5. The second-order valence-corrected chi connectivity index (χ2v) is 7.67. The van der Waals surface area contributed by atoms with Crippen LogP contribution in [0.4, 0.5) is 5.95 Å². The van der Waals surface area contributed by atoms with E-state index in [2.05, 4.69) is 44.0 Å². The molecule has 0 bridgehead atoms. The fraction of sp³-hybridized carbons (Fsp3) is 0.476. The van der Waals surface area contributed by atoms with Crippen LogP contribution in [-0.2, 0) is 4.79 Å². The summed E-state index contributed by atoms with van der Waals surface area (Å²) >= 11 is 0. The molecular weight excluding hydrogens is 423 g/mol. The number of carbonyl (C=O) groups is 1. The van der Waals surface area contributed by atoms with Gasteiger partial charge in [0.15, 0.2) is 0 Å². The van der Waals surface area contributed by atoms with Gasteiger partial charge in [0.25, 0.3) is 0 Å². The van der Waals surface area contributed by atoms with Gasteiger partial charge >= 0.3 is 0 Å². The van der Waals surface area contributed by atoms with Crippen LogP contribution in [0.25, 0.3) is 0 Å². The molecule has 0 radical (unpaired) electrons. The van der Waals surface area contributed by atoms with E-state index < -0.39 is 0 Å². The number of hydrogen-bond donors (Lipinski definition) is 1. The number of amides is 1. The summed E-state index contributed by atoms with van der Waals surface area (Å²) in [6, 6.07) is 12.1. The van der Waals surface area contributed by atoms with E-state index in [-0.39, 0.29) is 48.7 Å². The van der Waals surface area contributed by atoms with Crippen LogP contribution in [0.5, 0.6) is 0 Å². The van der Waals surface area contributed by atoms with Crippen molar-refractivity contribution in [3.63, 3.8) is 0 Å². The van der Waals surface area contributed by atoms with Gasteiger partial charge in [-0.05, 0) is 18.6 Å². The lowest BCUT2D eigenvalue weighted by Crippen LogP contribution is -2.54. The second kappa shape index (κ2) is 10.9. The van der Waals surface area contributed by atoms with Crippen LogP contribution in [0.1, 0.15) is 18.4 Å². The molecule has 2 fully saturated rings.